The summed E-state index contributed by atoms with van der Waals surface area (Å²) < 4.78 is 18.3. The smallest absolute Gasteiger partial charge is 0.126 e. The predicted octanol–water partition coefficient (Wildman–Crippen LogP) is 2.46. The van der Waals surface area contributed by atoms with Gasteiger partial charge < -0.3 is 10.5 Å². The Hall–Kier alpha value is -1.09. The molecule has 0 heterocycles. The van der Waals surface area contributed by atoms with E-state index in [4.69, 9.17) is 10.5 Å². The summed E-state index contributed by atoms with van der Waals surface area (Å²) in [6, 6.07) is 4.45. The first kappa shape index (κ1) is 11.0. The van der Waals surface area contributed by atoms with Gasteiger partial charge >= 0.3 is 0 Å². The molecule has 0 bridgehead atoms. The molecule has 1 aromatic rings. The molecule has 78 valence electrons. The molecule has 1 rings (SSSR count). The van der Waals surface area contributed by atoms with E-state index in [1.165, 1.54) is 12.1 Å². The van der Waals surface area contributed by atoms with Crippen molar-refractivity contribution in [1.82, 2.24) is 0 Å². The van der Waals surface area contributed by atoms with Gasteiger partial charge in [-0.05, 0) is 12.5 Å². The van der Waals surface area contributed by atoms with Crippen molar-refractivity contribution in [3.05, 3.63) is 29.6 Å². The lowest BCUT2D eigenvalue weighted by atomic mass is 10.2. The Morgan fingerprint density at radius 3 is 2.86 bits per heavy atom. The van der Waals surface area contributed by atoms with Crippen LogP contribution in [0.25, 0.3) is 0 Å². The van der Waals surface area contributed by atoms with Gasteiger partial charge in [0, 0.05) is 18.2 Å². The first-order valence-corrected chi connectivity index (χ1v) is 4.89. The van der Waals surface area contributed by atoms with Crippen LogP contribution < -0.4 is 10.5 Å². The standard InChI is InChI=1S/C11H16FNO/c1-2-3-6-14-11-7-10(12)5-4-9(11)8-13/h4-5,7H,2-3,6,8,13H2,1H3. The first-order valence-electron chi connectivity index (χ1n) is 4.89. The molecule has 0 aromatic heterocycles. The Bertz CT molecular complexity index is 289. The summed E-state index contributed by atoms with van der Waals surface area (Å²) >= 11 is 0. The first-order chi connectivity index (χ1) is 6.77. The average molecular weight is 197 g/mol. The highest BCUT2D eigenvalue weighted by molar-refractivity contribution is 5.33. The minimum absolute atomic E-state index is 0.284. The Morgan fingerprint density at radius 1 is 1.43 bits per heavy atom. The lowest BCUT2D eigenvalue weighted by Crippen LogP contribution is -2.04. The Balaban J connectivity index is 2.67. The molecule has 0 radical (unpaired) electrons. The van der Waals surface area contributed by atoms with Crippen LogP contribution in [0.4, 0.5) is 4.39 Å². The van der Waals surface area contributed by atoms with E-state index in [-0.39, 0.29) is 5.82 Å². The topological polar surface area (TPSA) is 35.2 Å². The van der Waals surface area contributed by atoms with Crippen molar-refractivity contribution in [1.29, 1.82) is 0 Å². The summed E-state index contributed by atoms with van der Waals surface area (Å²) in [6.45, 7) is 3.08. The molecule has 3 heteroatoms. The van der Waals surface area contributed by atoms with Gasteiger partial charge in [0.25, 0.3) is 0 Å². The highest BCUT2D eigenvalue weighted by Gasteiger charge is 2.03. The van der Waals surface area contributed by atoms with Gasteiger partial charge in [0.15, 0.2) is 0 Å². The summed E-state index contributed by atoms with van der Waals surface area (Å²) in [4.78, 5) is 0. The largest absolute Gasteiger partial charge is 0.493 e. The van der Waals surface area contributed by atoms with E-state index < -0.39 is 0 Å². The summed E-state index contributed by atoms with van der Waals surface area (Å²) in [5.74, 6) is 0.287. The van der Waals surface area contributed by atoms with E-state index in [0.717, 1.165) is 18.4 Å². The van der Waals surface area contributed by atoms with Crippen molar-refractivity contribution >= 4 is 0 Å². The van der Waals surface area contributed by atoms with Crippen LogP contribution in [-0.4, -0.2) is 6.61 Å². The molecule has 2 nitrogen and oxygen atoms in total. The zero-order chi connectivity index (χ0) is 10.4. The quantitative estimate of drug-likeness (QED) is 0.736. The molecule has 0 aliphatic rings. The van der Waals surface area contributed by atoms with Crippen LogP contribution in [-0.2, 0) is 6.54 Å². The van der Waals surface area contributed by atoms with Gasteiger partial charge in [-0.1, -0.05) is 19.4 Å². The van der Waals surface area contributed by atoms with Crippen molar-refractivity contribution < 1.29 is 9.13 Å². The van der Waals surface area contributed by atoms with Gasteiger partial charge in [-0.25, -0.2) is 4.39 Å². The van der Waals surface area contributed by atoms with Crippen LogP contribution >= 0.6 is 0 Å². The van der Waals surface area contributed by atoms with Crippen LogP contribution in [0.1, 0.15) is 25.3 Å². The van der Waals surface area contributed by atoms with Crippen molar-refractivity contribution in [2.24, 2.45) is 5.73 Å². The number of halogens is 1. The maximum Gasteiger partial charge on any atom is 0.126 e. The van der Waals surface area contributed by atoms with Crippen molar-refractivity contribution in [3.8, 4) is 5.75 Å². The van der Waals surface area contributed by atoms with Crippen LogP contribution in [0.2, 0.25) is 0 Å². The van der Waals surface area contributed by atoms with Crippen LogP contribution in [0.15, 0.2) is 18.2 Å². The van der Waals surface area contributed by atoms with Crippen LogP contribution in [0, 0.1) is 5.82 Å². The second kappa shape index (κ2) is 5.60. The number of ether oxygens (including phenoxy) is 1. The second-order valence-electron chi connectivity index (χ2n) is 3.16. The Kier molecular flexibility index (Phi) is 4.40. The number of hydrogen-bond donors (Lipinski definition) is 1. The SMILES string of the molecule is CCCCOc1cc(F)ccc1CN. The highest BCUT2D eigenvalue weighted by Crippen LogP contribution is 2.19. The molecule has 0 atom stereocenters. The Morgan fingerprint density at radius 2 is 2.21 bits per heavy atom. The maximum absolute atomic E-state index is 12.9. The molecule has 1 aromatic carbocycles. The third kappa shape index (κ3) is 3.00. The number of nitrogens with two attached hydrogens (primary N) is 1. The molecular formula is C11H16FNO. The lowest BCUT2D eigenvalue weighted by molar-refractivity contribution is 0.305. The van der Waals surface area contributed by atoms with Gasteiger partial charge in [-0.3, -0.25) is 0 Å². The second-order valence-corrected chi connectivity index (χ2v) is 3.16. The fourth-order valence-electron chi connectivity index (χ4n) is 1.16. The molecular weight excluding hydrogens is 181 g/mol. The van der Waals surface area contributed by atoms with E-state index in [0.29, 0.717) is 18.9 Å². The third-order valence-corrected chi connectivity index (χ3v) is 2.00. The molecule has 14 heavy (non-hydrogen) atoms. The number of rotatable bonds is 5. The molecule has 2 N–H and O–H groups in total. The van der Waals surface area contributed by atoms with Crippen molar-refractivity contribution in [2.45, 2.75) is 26.3 Å². The predicted molar refractivity (Wildman–Crippen MR) is 54.7 cm³/mol. The fraction of sp³-hybridized carbons (Fsp3) is 0.455. The zero-order valence-electron chi connectivity index (χ0n) is 8.42. The van der Waals surface area contributed by atoms with Crippen LogP contribution in [0.3, 0.4) is 0 Å². The summed E-state index contributed by atoms with van der Waals surface area (Å²) in [7, 11) is 0. The monoisotopic (exact) mass is 197 g/mol. The maximum atomic E-state index is 12.9. The number of hydrogen-bond acceptors (Lipinski definition) is 2. The molecule has 0 saturated heterocycles. The molecule has 0 fully saturated rings. The molecule has 0 aliphatic carbocycles. The zero-order valence-corrected chi connectivity index (χ0v) is 8.42. The van der Waals surface area contributed by atoms with E-state index in [9.17, 15) is 4.39 Å². The van der Waals surface area contributed by atoms with E-state index in [1.54, 1.807) is 6.07 Å². The normalized spacial score (nSPS) is 10.2. The minimum Gasteiger partial charge on any atom is -0.493 e. The van der Waals surface area contributed by atoms with Gasteiger partial charge in [-0.15, -0.1) is 0 Å². The van der Waals surface area contributed by atoms with Gasteiger partial charge in [0.05, 0.1) is 6.61 Å². The fourth-order valence-corrected chi connectivity index (χ4v) is 1.16. The van der Waals surface area contributed by atoms with Gasteiger partial charge in [0.1, 0.15) is 11.6 Å². The van der Waals surface area contributed by atoms with Crippen molar-refractivity contribution in [3.63, 3.8) is 0 Å². The van der Waals surface area contributed by atoms with E-state index in [1.807, 2.05) is 0 Å². The number of unbranched alkanes of at least 4 members (excludes halogenated alkanes) is 1. The molecule has 0 amide bonds. The molecule has 0 aliphatic heterocycles. The van der Waals surface area contributed by atoms with Gasteiger partial charge in [0.2, 0.25) is 0 Å². The molecule has 0 spiro atoms. The highest BCUT2D eigenvalue weighted by atomic mass is 19.1. The van der Waals surface area contributed by atoms with Crippen molar-refractivity contribution in [2.75, 3.05) is 6.61 Å². The minimum atomic E-state index is -0.284. The summed E-state index contributed by atoms with van der Waals surface area (Å²) in [6.07, 6.45) is 2.04. The van der Waals surface area contributed by atoms with Gasteiger partial charge in [-0.2, -0.15) is 0 Å². The van der Waals surface area contributed by atoms with E-state index in [2.05, 4.69) is 6.92 Å². The average Bonchev–Trinajstić information content (AvgIpc) is 2.19. The molecule has 0 unspecified atom stereocenters. The van der Waals surface area contributed by atoms with E-state index >= 15 is 0 Å². The molecule has 0 saturated carbocycles. The number of benzene rings is 1. The summed E-state index contributed by atoms with van der Waals surface area (Å²) in [5.41, 5.74) is 6.35. The van der Waals surface area contributed by atoms with Crippen LogP contribution in [0.5, 0.6) is 5.75 Å². The summed E-state index contributed by atoms with van der Waals surface area (Å²) in [5, 5.41) is 0. The third-order valence-electron chi connectivity index (χ3n) is 2.00. The Labute approximate surface area is 83.9 Å². The lowest BCUT2D eigenvalue weighted by Gasteiger charge is -2.09.